The van der Waals surface area contributed by atoms with Crippen LogP contribution in [-0.4, -0.2) is 18.8 Å². The number of benzene rings is 1. The second kappa shape index (κ2) is 5.45. The Hall–Kier alpha value is -0.470. The molecule has 1 aromatic carbocycles. The number of thioether (sulfide) groups is 1. The van der Waals surface area contributed by atoms with Crippen molar-refractivity contribution in [3.63, 3.8) is 0 Å². The van der Waals surface area contributed by atoms with Crippen molar-refractivity contribution in [3.8, 4) is 0 Å². The summed E-state index contributed by atoms with van der Waals surface area (Å²) in [6.45, 7) is 2.37. The van der Waals surface area contributed by atoms with Gasteiger partial charge in [0.1, 0.15) is 0 Å². The van der Waals surface area contributed by atoms with Crippen LogP contribution in [0.2, 0.25) is 0 Å². The Morgan fingerprint density at radius 2 is 2.12 bits per heavy atom. The second-order valence-corrected chi connectivity index (χ2v) is 6.40. The molecule has 1 unspecified atom stereocenters. The highest BCUT2D eigenvalue weighted by Gasteiger charge is 2.22. The number of hydrogen-bond donors (Lipinski definition) is 1. The summed E-state index contributed by atoms with van der Waals surface area (Å²) in [7, 11) is 0. The fraction of sp³-hybridized carbons (Fsp3) is 0.600. The molecular formula is C15H21NS. The molecule has 0 amide bonds. The van der Waals surface area contributed by atoms with Crippen LogP contribution in [-0.2, 0) is 0 Å². The van der Waals surface area contributed by atoms with Gasteiger partial charge in [-0.05, 0) is 36.9 Å². The van der Waals surface area contributed by atoms with Gasteiger partial charge in [-0.3, -0.25) is 0 Å². The van der Waals surface area contributed by atoms with E-state index in [9.17, 15) is 0 Å². The first-order valence-corrected chi connectivity index (χ1v) is 7.84. The molecule has 1 atom stereocenters. The zero-order chi connectivity index (χ0) is 11.5. The Morgan fingerprint density at radius 3 is 3.00 bits per heavy atom. The minimum Gasteiger partial charge on any atom is -0.316 e. The zero-order valence-electron chi connectivity index (χ0n) is 10.3. The van der Waals surface area contributed by atoms with Crippen LogP contribution in [0.25, 0.3) is 0 Å². The molecule has 1 fully saturated rings. The molecule has 17 heavy (non-hydrogen) atoms. The topological polar surface area (TPSA) is 12.0 Å². The van der Waals surface area contributed by atoms with Crippen LogP contribution in [0.1, 0.15) is 37.2 Å². The minimum absolute atomic E-state index is 0.733. The van der Waals surface area contributed by atoms with Gasteiger partial charge in [-0.1, -0.05) is 31.0 Å². The van der Waals surface area contributed by atoms with Crippen molar-refractivity contribution >= 4 is 11.8 Å². The highest BCUT2D eigenvalue weighted by atomic mass is 32.2. The van der Waals surface area contributed by atoms with Gasteiger partial charge in [0, 0.05) is 23.1 Å². The predicted molar refractivity (Wildman–Crippen MR) is 74.7 cm³/mol. The first-order chi connectivity index (χ1) is 8.43. The summed E-state index contributed by atoms with van der Waals surface area (Å²) in [6, 6.07) is 8.88. The Labute approximate surface area is 108 Å². The van der Waals surface area contributed by atoms with Crippen molar-refractivity contribution in [1.82, 2.24) is 5.32 Å². The van der Waals surface area contributed by atoms with Crippen molar-refractivity contribution in [2.45, 2.75) is 36.5 Å². The Bertz CT molecular complexity index is 373. The largest absolute Gasteiger partial charge is 0.316 e. The lowest BCUT2D eigenvalue weighted by molar-refractivity contribution is 0.568. The van der Waals surface area contributed by atoms with Crippen molar-refractivity contribution in [2.24, 2.45) is 5.92 Å². The highest BCUT2D eigenvalue weighted by molar-refractivity contribution is 7.99. The van der Waals surface area contributed by atoms with Crippen LogP contribution in [0.5, 0.6) is 0 Å². The molecule has 0 bridgehead atoms. The number of hydrogen-bond acceptors (Lipinski definition) is 2. The van der Waals surface area contributed by atoms with Gasteiger partial charge in [0.2, 0.25) is 0 Å². The van der Waals surface area contributed by atoms with Gasteiger partial charge in [0.15, 0.2) is 0 Å². The lowest BCUT2D eigenvalue weighted by atomic mass is 10.0. The molecular weight excluding hydrogens is 226 g/mol. The average Bonchev–Trinajstić information content (AvgIpc) is 3.09. The van der Waals surface area contributed by atoms with Crippen LogP contribution in [0, 0.1) is 5.92 Å². The lowest BCUT2D eigenvalue weighted by Gasteiger charge is -2.11. The third-order valence-electron chi connectivity index (χ3n) is 3.85. The summed E-state index contributed by atoms with van der Waals surface area (Å²) < 4.78 is 0. The molecule has 0 saturated heterocycles. The molecule has 92 valence electrons. The smallest absolute Gasteiger partial charge is 0.0108 e. The SMILES string of the molecule is c1ccc2c(c1)SCC2CNCCCC1CC1. The maximum atomic E-state index is 3.64. The molecule has 2 heteroatoms. The second-order valence-electron chi connectivity index (χ2n) is 5.34. The normalized spacial score (nSPS) is 22.7. The van der Waals surface area contributed by atoms with Crippen LogP contribution in [0.15, 0.2) is 29.2 Å². The van der Waals surface area contributed by atoms with E-state index in [0.29, 0.717) is 0 Å². The molecule has 1 nitrogen and oxygen atoms in total. The van der Waals surface area contributed by atoms with Crippen LogP contribution in [0.4, 0.5) is 0 Å². The van der Waals surface area contributed by atoms with Crippen molar-refractivity contribution in [1.29, 1.82) is 0 Å². The van der Waals surface area contributed by atoms with E-state index in [-0.39, 0.29) is 0 Å². The molecule has 1 N–H and O–H groups in total. The Kier molecular flexibility index (Phi) is 3.72. The fourth-order valence-corrected chi connectivity index (χ4v) is 3.85. The van der Waals surface area contributed by atoms with Gasteiger partial charge in [0.25, 0.3) is 0 Å². The lowest BCUT2D eigenvalue weighted by Crippen LogP contribution is -2.22. The maximum absolute atomic E-state index is 3.64. The van der Waals surface area contributed by atoms with Gasteiger partial charge in [-0.2, -0.15) is 0 Å². The quantitative estimate of drug-likeness (QED) is 0.770. The first kappa shape index (κ1) is 11.6. The molecule has 1 aromatic rings. The van der Waals surface area contributed by atoms with E-state index in [1.54, 1.807) is 5.56 Å². The molecule has 1 saturated carbocycles. The Balaban J connectivity index is 1.40. The van der Waals surface area contributed by atoms with E-state index in [4.69, 9.17) is 0 Å². The van der Waals surface area contributed by atoms with E-state index in [2.05, 4.69) is 29.6 Å². The maximum Gasteiger partial charge on any atom is 0.0108 e. The van der Waals surface area contributed by atoms with Gasteiger partial charge >= 0.3 is 0 Å². The van der Waals surface area contributed by atoms with Crippen LogP contribution < -0.4 is 5.32 Å². The van der Waals surface area contributed by atoms with E-state index in [0.717, 1.165) is 18.4 Å². The summed E-state index contributed by atoms with van der Waals surface area (Å²) >= 11 is 2.01. The number of nitrogens with one attached hydrogen (secondary N) is 1. The van der Waals surface area contributed by atoms with E-state index < -0.39 is 0 Å². The standard InChI is InChI=1S/C15H21NS/c1-2-6-15-14(5-1)13(11-17-15)10-16-9-3-4-12-7-8-12/h1-2,5-6,12-13,16H,3-4,7-11H2. The molecule has 0 spiro atoms. The van der Waals surface area contributed by atoms with Gasteiger partial charge in [-0.15, -0.1) is 11.8 Å². The van der Waals surface area contributed by atoms with Gasteiger partial charge < -0.3 is 5.32 Å². The molecule has 1 heterocycles. The van der Waals surface area contributed by atoms with E-state index >= 15 is 0 Å². The molecule has 2 aliphatic rings. The summed E-state index contributed by atoms with van der Waals surface area (Å²) in [6.07, 6.45) is 5.80. The number of rotatable bonds is 6. The monoisotopic (exact) mass is 247 g/mol. The molecule has 1 aliphatic carbocycles. The molecule has 0 aromatic heterocycles. The summed E-state index contributed by atoms with van der Waals surface area (Å²) in [4.78, 5) is 1.50. The summed E-state index contributed by atoms with van der Waals surface area (Å²) in [5.74, 6) is 3.08. The van der Waals surface area contributed by atoms with E-state index in [1.807, 2.05) is 11.8 Å². The Morgan fingerprint density at radius 1 is 1.24 bits per heavy atom. The first-order valence-electron chi connectivity index (χ1n) is 6.86. The van der Waals surface area contributed by atoms with Crippen molar-refractivity contribution < 1.29 is 0 Å². The highest BCUT2D eigenvalue weighted by Crippen LogP contribution is 2.38. The van der Waals surface area contributed by atoms with Crippen LogP contribution in [0.3, 0.4) is 0 Å². The third kappa shape index (κ3) is 3.05. The van der Waals surface area contributed by atoms with Crippen molar-refractivity contribution in [3.05, 3.63) is 29.8 Å². The average molecular weight is 247 g/mol. The summed E-state index contributed by atoms with van der Waals surface area (Å²) in [5, 5.41) is 3.64. The minimum atomic E-state index is 0.733. The van der Waals surface area contributed by atoms with Crippen LogP contribution >= 0.6 is 11.8 Å². The summed E-state index contributed by atoms with van der Waals surface area (Å²) in [5.41, 5.74) is 1.56. The molecule has 1 aliphatic heterocycles. The van der Waals surface area contributed by atoms with Crippen molar-refractivity contribution in [2.75, 3.05) is 18.8 Å². The number of fused-ring (bicyclic) bond motifs is 1. The van der Waals surface area contributed by atoms with E-state index in [1.165, 1.54) is 42.9 Å². The van der Waals surface area contributed by atoms with Gasteiger partial charge in [0.05, 0.1) is 0 Å². The fourth-order valence-electron chi connectivity index (χ4n) is 2.60. The zero-order valence-corrected chi connectivity index (χ0v) is 11.1. The van der Waals surface area contributed by atoms with Gasteiger partial charge in [-0.25, -0.2) is 0 Å². The molecule has 3 rings (SSSR count). The molecule has 0 radical (unpaired) electrons. The third-order valence-corrected chi connectivity index (χ3v) is 5.10. The predicted octanol–water partition coefficient (Wildman–Crippen LogP) is 3.66.